The highest BCUT2D eigenvalue weighted by Crippen LogP contribution is 2.36. The molecule has 4 rings (SSSR count). The van der Waals surface area contributed by atoms with Gasteiger partial charge in [0, 0.05) is 23.3 Å². The molecular formula is C26H23ClN2O3. The first-order valence-electron chi connectivity index (χ1n) is 10.4. The highest BCUT2D eigenvalue weighted by atomic mass is 35.5. The summed E-state index contributed by atoms with van der Waals surface area (Å²) >= 11 is 5.89. The predicted octanol–water partition coefficient (Wildman–Crippen LogP) is 5.35. The maximum atomic E-state index is 12.8. The molecule has 162 valence electrons. The van der Waals surface area contributed by atoms with Gasteiger partial charge in [-0.3, -0.25) is 9.59 Å². The first kappa shape index (κ1) is 21.7. The molecule has 1 N–H and O–H groups in total. The van der Waals surface area contributed by atoms with Crippen LogP contribution in [0.5, 0.6) is 5.75 Å². The Hall–Kier alpha value is -3.57. The van der Waals surface area contributed by atoms with Crippen molar-refractivity contribution in [2.75, 3.05) is 16.8 Å². The van der Waals surface area contributed by atoms with Gasteiger partial charge in [0.25, 0.3) is 5.91 Å². The highest BCUT2D eigenvalue weighted by Gasteiger charge is 2.31. The Morgan fingerprint density at radius 3 is 2.59 bits per heavy atom. The van der Waals surface area contributed by atoms with Crippen molar-refractivity contribution in [1.82, 2.24) is 0 Å². The van der Waals surface area contributed by atoms with Crippen molar-refractivity contribution in [1.29, 1.82) is 0 Å². The van der Waals surface area contributed by atoms with Crippen LogP contribution < -0.4 is 15.0 Å². The molecule has 1 heterocycles. The van der Waals surface area contributed by atoms with Crippen molar-refractivity contribution < 1.29 is 14.3 Å². The number of benzene rings is 3. The number of fused-ring (bicyclic) bond motifs is 1. The Morgan fingerprint density at radius 2 is 1.84 bits per heavy atom. The van der Waals surface area contributed by atoms with Gasteiger partial charge in [0.15, 0.2) is 6.10 Å². The number of anilines is 2. The summed E-state index contributed by atoms with van der Waals surface area (Å²) in [6.07, 6.45) is 3.34. The van der Waals surface area contributed by atoms with E-state index < -0.39 is 6.10 Å². The summed E-state index contributed by atoms with van der Waals surface area (Å²) in [6, 6.07) is 22.6. The standard InChI is InChI=1S/C26H23ClN2O3/c1-18-26(31)29(16-15-19-5-3-2-4-6-19)23-17-22(12-13-24(23)32-18)28-25(30)14-9-20-7-10-21(27)11-8-20/h2-14,17-18H,15-16H2,1H3,(H,28,30)/b14-9+. The third kappa shape index (κ3) is 5.18. The lowest BCUT2D eigenvalue weighted by Crippen LogP contribution is -2.45. The number of halogens is 1. The average Bonchev–Trinajstić information content (AvgIpc) is 2.80. The molecule has 1 aliphatic heterocycles. The fourth-order valence-corrected chi connectivity index (χ4v) is 3.66. The molecule has 0 saturated heterocycles. The zero-order valence-corrected chi connectivity index (χ0v) is 18.4. The molecule has 6 heteroatoms. The van der Waals surface area contributed by atoms with E-state index in [-0.39, 0.29) is 11.8 Å². The number of hydrogen-bond acceptors (Lipinski definition) is 3. The van der Waals surface area contributed by atoms with E-state index in [4.69, 9.17) is 16.3 Å². The molecule has 0 saturated carbocycles. The van der Waals surface area contributed by atoms with E-state index in [1.54, 1.807) is 48.2 Å². The highest BCUT2D eigenvalue weighted by molar-refractivity contribution is 6.30. The minimum Gasteiger partial charge on any atom is -0.479 e. The van der Waals surface area contributed by atoms with Gasteiger partial charge < -0.3 is 15.0 Å². The molecule has 0 spiro atoms. The van der Waals surface area contributed by atoms with Crippen molar-refractivity contribution >= 4 is 40.9 Å². The number of carbonyl (C=O) groups excluding carboxylic acids is 2. The van der Waals surface area contributed by atoms with Gasteiger partial charge in [-0.25, -0.2) is 0 Å². The number of hydrogen-bond donors (Lipinski definition) is 1. The Labute approximate surface area is 192 Å². The molecule has 0 bridgehead atoms. The molecule has 3 aromatic carbocycles. The van der Waals surface area contributed by atoms with Crippen LogP contribution in [0.25, 0.3) is 6.08 Å². The third-order valence-corrected chi connectivity index (χ3v) is 5.45. The van der Waals surface area contributed by atoms with Crippen LogP contribution in [0.15, 0.2) is 78.9 Å². The van der Waals surface area contributed by atoms with Gasteiger partial charge in [-0.05, 0) is 60.9 Å². The molecule has 0 fully saturated rings. The maximum Gasteiger partial charge on any atom is 0.267 e. The van der Waals surface area contributed by atoms with Crippen molar-refractivity contribution in [2.45, 2.75) is 19.4 Å². The summed E-state index contributed by atoms with van der Waals surface area (Å²) < 4.78 is 5.77. The van der Waals surface area contributed by atoms with Crippen LogP contribution in [-0.2, 0) is 16.0 Å². The van der Waals surface area contributed by atoms with Crippen LogP contribution in [0.2, 0.25) is 5.02 Å². The fourth-order valence-electron chi connectivity index (χ4n) is 3.53. The molecule has 0 aliphatic carbocycles. The van der Waals surface area contributed by atoms with Crippen molar-refractivity contribution in [3.05, 3.63) is 95.0 Å². The smallest absolute Gasteiger partial charge is 0.267 e. The van der Waals surface area contributed by atoms with E-state index >= 15 is 0 Å². The molecule has 0 aromatic heterocycles. The lowest BCUT2D eigenvalue weighted by atomic mass is 10.1. The van der Waals surface area contributed by atoms with Gasteiger partial charge in [0.05, 0.1) is 5.69 Å². The quantitative estimate of drug-likeness (QED) is 0.519. The number of ether oxygens (including phenoxy) is 1. The van der Waals surface area contributed by atoms with E-state index in [0.29, 0.717) is 28.7 Å². The largest absolute Gasteiger partial charge is 0.479 e. The van der Waals surface area contributed by atoms with E-state index in [9.17, 15) is 9.59 Å². The summed E-state index contributed by atoms with van der Waals surface area (Å²) in [5.74, 6) is 0.256. The van der Waals surface area contributed by atoms with Crippen LogP contribution in [0.1, 0.15) is 18.1 Å². The molecule has 3 aromatic rings. The summed E-state index contributed by atoms with van der Waals surface area (Å²) in [6.45, 7) is 2.27. The number of carbonyl (C=O) groups is 2. The summed E-state index contributed by atoms with van der Waals surface area (Å²) in [7, 11) is 0. The molecule has 2 amide bonds. The maximum absolute atomic E-state index is 12.8. The van der Waals surface area contributed by atoms with Crippen molar-refractivity contribution in [2.24, 2.45) is 0 Å². The minimum atomic E-state index is -0.555. The summed E-state index contributed by atoms with van der Waals surface area (Å²) in [5.41, 5.74) is 3.27. The minimum absolute atomic E-state index is 0.0976. The lowest BCUT2D eigenvalue weighted by Gasteiger charge is -2.33. The van der Waals surface area contributed by atoms with E-state index in [2.05, 4.69) is 5.32 Å². The summed E-state index contributed by atoms with van der Waals surface area (Å²) in [5, 5.41) is 3.49. The second-order valence-corrected chi connectivity index (χ2v) is 7.98. The predicted molar refractivity (Wildman–Crippen MR) is 128 cm³/mol. The van der Waals surface area contributed by atoms with E-state index in [1.807, 2.05) is 42.5 Å². The monoisotopic (exact) mass is 446 g/mol. The molecule has 5 nitrogen and oxygen atoms in total. The van der Waals surface area contributed by atoms with Gasteiger partial charge in [-0.15, -0.1) is 0 Å². The van der Waals surface area contributed by atoms with Gasteiger partial charge >= 0.3 is 0 Å². The van der Waals surface area contributed by atoms with Gasteiger partial charge in [-0.1, -0.05) is 54.1 Å². The van der Waals surface area contributed by atoms with Gasteiger partial charge in [0.2, 0.25) is 5.91 Å². The zero-order chi connectivity index (χ0) is 22.5. The van der Waals surface area contributed by atoms with Gasteiger partial charge in [-0.2, -0.15) is 0 Å². The first-order valence-corrected chi connectivity index (χ1v) is 10.8. The van der Waals surface area contributed by atoms with E-state index in [1.165, 1.54) is 6.08 Å². The fraction of sp³-hybridized carbons (Fsp3) is 0.154. The van der Waals surface area contributed by atoms with Crippen molar-refractivity contribution in [3.63, 3.8) is 0 Å². The van der Waals surface area contributed by atoms with Crippen molar-refractivity contribution in [3.8, 4) is 5.75 Å². The number of amides is 2. The average molecular weight is 447 g/mol. The van der Waals surface area contributed by atoms with E-state index in [0.717, 1.165) is 17.5 Å². The molecule has 1 atom stereocenters. The Morgan fingerprint density at radius 1 is 1.09 bits per heavy atom. The van der Waals surface area contributed by atoms with Crippen LogP contribution in [-0.4, -0.2) is 24.5 Å². The normalized spacial score (nSPS) is 15.4. The summed E-state index contributed by atoms with van der Waals surface area (Å²) in [4.78, 5) is 26.9. The molecular weight excluding hydrogens is 424 g/mol. The molecule has 1 aliphatic rings. The number of nitrogens with zero attached hydrogens (tertiary/aromatic N) is 1. The number of rotatable bonds is 6. The first-order chi connectivity index (χ1) is 15.5. The lowest BCUT2D eigenvalue weighted by molar-refractivity contribution is -0.125. The Bertz CT molecular complexity index is 1140. The number of nitrogens with one attached hydrogen (secondary N) is 1. The van der Waals surface area contributed by atoms with Crippen LogP contribution in [0, 0.1) is 0 Å². The van der Waals surface area contributed by atoms with Crippen LogP contribution in [0.3, 0.4) is 0 Å². The Balaban J connectivity index is 1.49. The third-order valence-electron chi connectivity index (χ3n) is 5.20. The van der Waals surface area contributed by atoms with Gasteiger partial charge in [0.1, 0.15) is 5.75 Å². The second-order valence-electron chi connectivity index (χ2n) is 7.54. The Kier molecular flexibility index (Phi) is 6.57. The molecule has 32 heavy (non-hydrogen) atoms. The molecule has 0 radical (unpaired) electrons. The zero-order valence-electron chi connectivity index (χ0n) is 17.6. The van der Waals surface area contributed by atoms with Crippen LogP contribution in [0.4, 0.5) is 11.4 Å². The second kappa shape index (κ2) is 9.71. The SMILES string of the molecule is CC1Oc2ccc(NC(=O)/C=C/c3ccc(Cl)cc3)cc2N(CCc2ccccc2)C1=O. The van der Waals surface area contributed by atoms with Crippen LogP contribution >= 0.6 is 11.6 Å². The topological polar surface area (TPSA) is 58.6 Å². The molecule has 1 unspecified atom stereocenters.